The summed E-state index contributed by atoms with van der Waals surface area (Å²) in [4.78, 5) is 0. The molecule has 2 rings (SSSR count). The van der Waals surface area contributed by atoms with Gasteiger partial charge in [0.1, 0.15) is 0 Å². The van der Waals surface area contributed by atoms with Crippen LogP contribution in [-0.2, 0) is 9.47 Å². The Morgan fingerprint density at radius 3 is 2.39 bits per heavy atom. The van der Waals surface area contributed by atoms with E-state index in [0.717, 1.165) is 25.1 Å². The summed E-state index contributed by atoms with van der Waals surface area (Å²) < 4.78 is 11.3. The van der Waals surface area contributed by atoms with Crippen molar-refractivity contribution < 1.29 is 9.47 Å². The molecule has 0 saturated heterocycles. The lowest BCUT2D eigenvalue weighted by Crippen LogP contribution is -2.47. The zero-order valence-corrected chi connectivity index (χ0v) is 12.0. The summed E-state index contributed by atoms with van der Waals surface area (Å²) in [6, 6.07) is 0.775. The Kier molecular flexibility index (Phi) is 5.46. The molecule has 0 spiro atoms. The molecule has 106 valence electrons. The lowest BCUT2D eigenvalue weighted by molar-refractivity contribution is -0.0894. The van der Waals surface area contributed by atoms with Gasteiger partial charge in [-0.2, -0.15) is 0 Å². The summed E-state index contributed by atoms with van der Waals surface area (Å²) in [6.07, 6.45) is 9.12. The maximum atomic E-state index is 6.19. The molecule has 2 aliphatic rings. The van der Waals surface area contributed by atoms with Crippen LogP contribution in [0.2, 0.25) is 0 Å². The van der Waals surface area contributed by atoms with E-state index in [1.807, 2.05) is 0 Å². The summed E-state index contributed by atoms with van der Waals surface area (Å²) in [5.41, 5.74) is 0.0901. The number of rotatable bonds is 8. The van der Waals surface area contributed by atoms with Crippen molar-refractivity contribution in [3.8, 4) is 0 Å². The fraction of sp³-hybridized carbons (Fsp3) is 1.00. The van der Waals surface area contributed by atoms with Crippen LogP contribution in [0, 0.1) is 5.92 Å². The molecule has 0 bridgehead atoms. The van der Waals surface area contributed by atoms with Crippen molar-refractivity contribution in [2.75, 3.05) is 26.9 Å². The Morgan fingerprint density at radius 1 is 1.11 bits per heavy atom. The van der Waals surface area contributed by atoms with Crippen LogP contribution in [0.5, 0.6) is 0 Å². The van der Waals surface area contributed by atoms with Gasteiger partial charge in [0.15, 0.2) is 0 Å². The molecule has 0 amide bonds. The number of hydrogen-bond donors (Lipinski definition) is 1. The second-order valence-corrected chi connectivity index (χ2v) is 6.03. The van der Waals surface area contributed by atoms with Gasteiger partial charge in [0.25, 0.3) is 0 Å². The van der Waals surface area contributed by atoms with Crippen LogP contribution in [0.15, 0.2) is 0 Å². The Balaban J connectivity index is 1.80. The predicted molar refractivity (Wildman–Crippen MR) is 73.8 cm³/mol. The molecule has 0 heterocycles. The summed E-state index contributed by atoms with van der Waals surface area (Å²) in [5.74, 6) is 0.921. The number of methoxy groups -OCH3 is 1. The average molecular weight is 255 g/mol. The SMILES string of the molecule is CCC1CCC(CNC2CC2)(OCCOC)CC1. The molecule has 0 radical (unpaired) electrons. The van der Waals surface area contributed by atoms with Crippen LogP contribution < -0.4 is 5.32 Å². The van der Waals surface area contributed by atoms with Crippen LogP contribution in [0.25, 0.3) is 0 Å². The maximum absolute atomic E-state index is 6.19. The molecule has 3 heteroatoms. The first kappa shape index (κ1) is 14.3. The highest BCUT2D eigenvalue weighted by molar-refractivity contribution is 4.92. The van der Waals surface area contributed by atoms with Gasteiger partial charge in [-0.15, -0.1) is 0 Å². The van der Waals surface area contributed by atoms with Crippen LogP contribution in [-0.4, -0.2) is 38.5 Å². The van der Waals surface area contributed by atoms with Gasteiger partial charge in [0, 0.05) is 19.7 Å². The monoisotopic (exact) mass is 255 g/mol. The highest BCUT2D eigenvalue weighted by Crippen LogP contribution is 2.36. The summed E-state index contributed by atoms with van der Waals surface area (Å²) in [6.45, 7) is 4.80. The zero-order valence-electron chi connectivity index (χ0n) is 12.0. The van der Waals surface area contributed by atoms with E-state index in [1.54, 1.807) is 7.11 Å². The van der Waals surface area contributed by atoms with Crippen molar-refractivity contribution in [1.29, 1.82) is 0 Å². The quantitative estimate of drug-likeness (QED) is 0.677. The van der Waals surface area contributed by atoms with E-state index in [2.05, 4.69) is 12.2 Å². The lowest BCUT2D eigenvalue weighted by atomic mass is 9.77. The molecule has 0 atom stereocenters. The molecule has 18 heavy (non-hydrogen) atoms. The van der Waals surface area contributed by atoms with Crippen LogP contribution in [0.4, 0.5) is 0 Å². The molecular weight excluding hydrogens is 226 g/mol. The number of nitrogens with one attached hydrogen (secondary N) is 1. The van der Waals surface area contributed by atoms with Gasteiger partial charge >= 0.3 is 0 Å². The molecule has 3 nitrogen and oxygen atoms in total. The van der Waals surface area contributed by atoms with E-state index in [-0.39, 0.29) is 5.60 Å². The highest BCUT2D eigenvalue weighted by Gasteiger charge is 2.37. The van der Waals surface area contributed by atoms with Crippen molar-refractivity contribution in [2.45, 2.75) is 63.5 Å². The normalized spacial score (nSPS) is 32.7. The Morgan fingerprint density at radius 2 is 1.83 bits per heavy atom. The zero-order chi connectivity index (χ0) is 12.8. The molecule has 0 aromatic carbocycles. The molecule has 0 aliphatic heterocycles. The van der Waals surface area contributed by atoms with E-state index < -0.39 is 0 Å². The fourth-order valence-electron chi connectivity index (χ4n) is 2.94. The first-order valence-electron chi connectivity index (χ1n) is 7.64. The molecule has 0 aromatic rings. The van der Waals surface area contributed by atoms with Crippen LogP contribution >= 0.6 is 0 Å². The van der Waals surface area contributed by atoms with Crippen molar-refractivity contribution in [3.05, 3.63) is 0 Å². The molecular formula is C15H29NO2. The lowest BCUT2D eigenvalue weighted by Gasteiger charge is -2.40. The molecule has 2 aliphatic carbocycles. The van der Waals surface area contributed by atoms with Gasteiger partial charge in [-0.05, 0) is 44.4 Å². The Hall–Kier alpha value is -0.120. The molecule has 2 saturated carbocycles. The van der Waals surface area contributed by atoms with Gasteiger partial charge in [-0.3, -0.25) is 0 Å². The van der Waals surface area contributed by atoms with E-state index >= 15 is 0 Å². The van der Waals surface area contributed by atoms with Crippen LogP contribution in [0.1, 0.15) is 51.9 Å². The smallest absolute Gasteiger partial charge is 0.0807 e. The highest BCUT2D eigenvalue weighted by atomic mass is 16.5. The molecule has 2 fully saturated rings. The van der Waals surface area contributed by atoms with Gasteiger partial charge in [0.05, 0.1) is 18.8 Å². The van der Waals surface area contributed by atoms with Crippen molar-refractivity contribution in [3.63, 3.8) is 0 Å². The summed E-state index contributed by atoms with van der Waals surface area (Å²) in [7, 11) is 1.74. The fourth-order valence-corrected chi connectivity index (χ4v) is 2.94. The number of hydrogen-bond acceptors (Lipinski definition) is 3. The summed E-state index contributed by atoms with van der Waals surface area (Å²) in [5, 5.41) is 3.66. The van der Waals surface area contributed by atoms with E-state index in [0.29, 0.717) is 6.61 Å². The second-order valence-electron chi connectivity index (χ2n) is 6.03. The van der Waals surface area contributed by atoms with Crippen molar-refractivity contribution >= 4 is 0 Å². The summed E-state index contributed by atoms with van der Waals surface area (Å²) >= 11 is 0. The third-order valence-corrected chi connectivity index (χ3v) is 4.58. The molecule has 0 unspecified atom stereocenters. The second kappa shape index (κ2) is 6.88. The maximum Gasteiger partial charge on any atom is 0.0807 e. The third kappa shape index (κ3) is 4.22. The van der Waals surface area contributed by atoms with Crippen molar-refractivity contribution in [2.24, 2.45) is 5.92 Å². The van der Waals surface area contributed by atoms with E-state index in [9.17, 15) is 0 Å². The van der Waals surface area contributed by atoms with E-state index in [4.69, 9.17) is 9.47 Å². The van der Waals surface area contributed by atoms with E-state index in [1.165, 1.54) is 44.9 Å². The molecule has 0 aromatic heterocycles. The number of ether oxygens (including phenoxy) is 2. The van der Waals surface area contributed by atoms with Crippen molar-refractivity contribution in [1.82, 2.24) is 5.32 Å². The first-order chi connectivity index (χ1) is 8.78. The third-order valence-electron chi connectivity index (χ3n) is 4.58. The minimum atomic E-state index is 0.0901. The largest absolute Gasteiger partial charge is 0.382 e. The standard InChI is InChI=1S/C15H29NO2/c1-3-13-6-8-15(9-7-13,18-11-10-17-2)12-16-14-4-5-14/h13-14,16H,3-12H2,1-2H3. The van der Waals surface area contributed by atoms with Gasteiger partial charge < -0.3 is 14.8 Å². The topological polar surface area (TPSA) is 30.5 Å². The minimum absolute atomic E-state index is 0.0901. The van der Waals surface area contributed by atoms with Gasteiger partial charge in [-0.25, -0.2) is 0 Å². The van der Waals surface area contributed by atoms with Gasteiger partial charge in [0.2, 0.25) is 0 Å². The van der Waals surface area contributed by atoms with Gasteiger partial charge in [-0.1, -0.05) is 13.3 Å². The predicted octanol–water partition coefficient (Wildman–Crippen LogP) is 2.74. The average Bonchev–Trinajstić information content (AvgIpc) is 3.22. The Labute approximate surface area is 112 Å². The molecule has 1 N–H and O–H groups in total. The first-order valence-corrected chi connectivity index (χ1v) is 7.64. The Bertz CT molecular complexity index is 227. The van der Waals surface area contributed by atoms with Crippen LogP contribution in [0.3, 0.4) is 0 Å². The minimum Gasteiger partial charge on any atom is -0.382 e.